The number of fused-ring (bicyclic) bond motifs is 2. The van der Waals surface area contributed by atoms with E-state index in [2.05, 4.69) is 27.3 Å². The van der Waals surface area contributed by atoms with Gasteiger partial charge in [0.2, 0.25) is 0 Å². The summed E-state index contributed by atoms with van der Waals surface area (Å²) in [5.41, 5.74) is 0.918. The van der Waals surface area contributed by atoms with Gasteiger partial charge in [-0.1, -0.05) is 25.6 Å². The van der Waals surface area contributed by atoms with Crippen molar-refractivity contribution in [1.82, 2.24) is 25.2 Å². The second-order valence-electron chi connectivity index (χ2n) is 10.9. The maximum absolute atomic E-state index is 14.6. The standard InChI is InChI=1S/C31H29F4N5O5/c1-4-9-45-30(44)19-5-6-20-18(16(19)3)7-8-23(20)39-29(43)25-12-24(38-27-22(32)14-37-40(25)27)28(42)36-13-17-11-21(31(33,34)35)26(41)10-15(17)2/h4-6,11-12,14-15,23,41H,1,7-10,13H2,2-3H3,(H,36,42)(H,39,43)/t15?,23-/m0/s1. The Hall–Kier alpha value is -5.01. The molecule has 2 amide bonds. The first-order valence-corrected chi connectivity index (χ1v) is 14.0. The van der Waals surface area contributed by atoms with Crippen LogP contribution in [0.5, 0.6) is 0 Å². The van der Waals surface area contributed by atoms with E-state index in [1.807, 2.05) is 0 Å². The van der Waals surface area contributed by atoms with Crippen LogP contribution in [0.1, 0.15) is 73.8 Å². The van der Waals surface area contributed by atoms with Gasteiger partial charge in [0.15, 0.2) is 11.5 Å². The van der Waals surface area contributed by atoms with Crippen LogP contribution in [0.15, 0.2) is 60.0 Å². The monoisotopic (exact) mass is 627 g/mol. The highest BCUT2D eigenvalue weighted by atomic mass is 19.4. The van der Waals surface area contributed by atoms with Crippen LogP contribution in [0.4, 0.5) is 17.6 Å². The minimum atomic E-state index is -4.77. The molecule has 2 aliphatic carbocycles. The fourth-order valence-corrected chi connectivity index (χ4v) is 5.60. The van der Waals surface area contributed by atoms with Crippen molar-refractivity contribution >= 4 is 23.4 Å². The number of rotatable bonds is 8. The van der Waals surface area contributed by atoms with Crippen LogP contribution in [-0.2, 0) is 11.2 Å². The lowest BCUT2D eigenvalue weighted by Gasteiger charge is -2.24. The van der Waals surface area contributed by atoms with Crippen LogP contribution < -0.4 is 10.6 Å². The van der Waals surface area contributed by atoms with E-state index in [1.165, 1.54) is 6.08 Å². The summed E-state index contributed by atoms with van der Waals surface area (Å²) >= 11 is 0. The van der Waals surface area contributed by atoms with E-state index < -0.39 is 58.7 Å². The van der Waals surface area contributed by atoms with E-state index in [0.29, 0.717) is 18.4 Å². The fourth-order valence-electron chi connectivity index (χ4n) is 5.60. The summed E-state index contributed by atoms with van der Waals surface area (Å²) in [6.07, 6.45) is -0.837. The number of hydrogen-bond acceptors (Lipinski definition) is 7. The quantitative estimate of drug-likeness (QED) is 0.182. The predicted octanol–water partition coefficient (Wildman–Crippen LogP) is 5.01. The maximum atomic E-state index is 14.6. The Labute approximate surface area is 254 Å². The van der Waals surface area contributed by atoms with Crippen molar-refractivity contribution in [2.24, 2.45) is 5.92 Å². The Bertz CT molecular complexity index is 1790. The molecule has 10 nitrogen and oxygen atoms in total. The number of nitrogens with zero attached hydrogens (tertiary/aromatic N) is 3. The van der Waals surface area contributed by atoms with E-state index in [9.17, 15) is 37.1 Å². The molecule has 0 radical (unpaired) electrons. The summed E-state index contributed by atoms with van der Waals surface area (Å²) < 4.78 is 60.6. The number of esters is 1. The summed E-state index contributed by atoms with van der Waals surface area (Å²) in [6.45, 7) is 6.70. The van der Waals surface area contributed by atoms with Gasteiger partial charge in [-0.3, -0.25) is 9.59 Å². The summed E-state index contributed by atoms with van der Waals surface area (Å²) in [5, 5.41) is 19.0. The molecule has 2 aromatic heterocycles. The first-order chi connectivity index (χ1) is 21.3. The Balaban J connectivity index is 1.37. The lowest BCUT2D eigenvalue weighted by Crippen LogP contribution is -2.32. The van der Waals surface area contributed by atoms with Crippen molar-refractivity contribution in [2.75, 3.05) is 13.2 Å². The molecule has 1 unspecified atom stereocenters. The van der Waals surface area contributed by atoms with Gasteiger partial charge in [-0.05, 0) is 60.1 Å². The van der Waals surface area contributed by atoms with Crippen molar-refractivity contribution in [3.8, 4) is 0 Å². The molecule has 0 saturated carbocycles. The molecule has 5 rings (SSSR count). The van der Waals surface area contributed by atoms with E-state index in [0.717, 1.165) is 39.5 Å². The Kier molecular flexibility index (Phi) is 8.50. The maximum Gasteiger partial charge on any atom is 0.419 e. The van der Waals surface area contributed by atoms with E-state index in [4.69, 9.17) is 4.74 Å². The molecule has 2 aliphatic rings. The third-order valence-corrected chi connectivity index (χ3v) is 7.98. The van der Waals surface area contributed by atoms with Gasteiger partial charge < -0.3 is 20.5 Å². The number of nitrogens with one attached hydrogen (secondary N) is 2. The van der Waals surface area contributed by atoms with Crippen molar-refractivity contribution in [3.63, 3.8) is 0 Å². The second-order valence-corrected chi connectivity index (χ2v) is 10.9. The third kappa shape index (κ3) is 6.17. The molecule has 2 atom stereocenters. The molecule has 0 bridgehead atoms. The zero-order chi connectivity index (χ0) is 32.6. The number of alkyl halides is 3. The van der Waals surface area contributed by atoms with Crippen LogP contribution in [-0.4, -0.2) is 56.8 Å². The minimum Gasteiger partial charge on any atom is -0.512 e. The van der Waals surface area contributed by atoms with E-state index in [-0.39, 0.29) is 36.5 Å². The molecule has 0 fully saturated rings. The normalized spacial score (nSPS) is 18.0. The van der Waals surface area contributed by atoms with E-state index in [1.54, 1.807) is 26.0 Å². The molecule has 14 heteroatoms. The number of aliphatic hydroxyl groups is 1. The number of aromatic nitrogens is 3. The first kappa shape index (κ1) is 31.4. The SMILES string of the molecule is C=CCOC(=O)c1ccc2c(c1C)CC[C@@H]2NC(=O)c1cc(C(=O)NCC2=CC(C(F)(F)F)=C(O)CC2C)nc2c(F)cnn12. The number of benzene rings is 1. The van der Waals surface area contributed by atoms with Crippen molar-refractivity contribution in [1.29, 1.82) is 0 Å². The van der Waals surface area contributed by atoms with Gasteiger partial charge >= 0.3 is 12.1 Å². The number of carbonyl (C=O) groups excluding carboxylic acids is 3. The zero-order valence-electron chi connectivity index (χ0n) is 24.3. The molecule has 1 aromatic carbocycles. The molecule has 2 heterocycles. The van der Waals surface area contributed by atoms with E-state index >= 15 is 0 Å². The van der Waals surface area contributed by atoms with Crippen molar-refractivity contribution in [2.45, 2.75) is 45.3 Å². The number of ether oxygens (including phenoxy) is 1. The van der Waals surface area contributed by atoms with Crippen LogP contribution in [0, 0.1) is 18.7 Å². The first-order valence-electron chi connectivity index (χ1n) is 14.0. The lowest BCUT2D eigenvalue weighted by atomic mass is 9.88. The van der Waals surface area contributed by atoms with Gasteiger partial charge in [-0.2, -0.15) is 18.3 Å². The summed E-state index contributed by atoms with van der Waals surface area (Å²) in [4.78, 5) is 43.0. The molecule has 236 valence electrons. The Morgan fingerprint density at radius 1 is 1.24 bits per heavy atom. The van der Waals surface area contributed by atoms with Crippen LogP contribution in [0.3, 0.4) is 0 Å². The minimum absolute atomic E-state index is 0.0698. The van der Waals surface area contributed by atoms with Crippen LogP contribution >= 0.6 is 0 Å². The van der Waals surface area contributed by atoms with Crippen LogP contribution in [0.25, 0.3) is 5.65 Å². The second kappa shape index (κ2) is 12.2. The van der Waals surface area contributed by atoms with Crippen molar-refractivity contribution < 1.29 is 41.8 Å². The average molecular weight is 628 g/mol. The Morgan fingerprint density at radius 3 is 2.71 bits per heavy atom. The molecule has 3 N–H and O–H groups in total. The van der Waals surface area contributed by atoms with Crippen LogP contribution in [0.2, 0.25) is 0 Å². The number of carbonyl (C=O) groups is 3. The third-order valence-electron chi connectivity index (χ3n) is 7.98. The molecule has 45 heavy (non-hydrogen) atoms. The summed E-state index contributed by atoms with van der Waals surface area (Å²) in [7, 11) is 0. The molecular formula is C31H29F4N5O5. The average Bonchev–Trinajstić information content (AvgIpc) is 3.57. The lowest BCUT2D eigenvalue weighted by molar-refractivity contribution is -0.0916. The number of halogens is 4. The van der Waals surface area contributed by atoms with Gasteiger partial charge in [0.05, 0.1) is 23.4 Å². The number of hydrogen-bond donors (Lipinski definition) is 3. The largest absolute Gasteiger partial charge is 0.512 e. The number of allylic oxidation sites excluding steroid dienone is 3. The van der Waals surface area contributed by atoms with Gasteiger partial charge in [0.1, 0.15) is 23.8 Å². The summed E-state index contributed by atoms with van der Waals surface area (Å²) in [6, 6.07) is 4.02. The van der Waals surface area contributed by atoms with Gasteiger partial charge in [0.25, 0.3) is 11.8 Å². The zero-order valence-corrected chi connectivity index (χ0v) is 24.3. The predicted molar refractivity (Wildman–Crippen MR) is 153 cm³/mol. The highest BCUT2D eigenvalue weighted by molar-refractivity contribution is 5.98. The molecule has 0 aliphatic heterocycles. The van der Waals surface area contributed by atoms with Crippen molar-refractivity contribution in [3.05, 3.63) is 99.5 Å². The highest BCUT2D eigenvalue weighted by Gasteiger charge is 2.38. The number of amides is 2. The highest BCUT2D eigenvalue weighted by Crippen LogP contribution is 2.37. The fraction of sp³-hybridized carbons (Fsp3) is 0.323. The van der Waals surface area contributed by atoms with Gasteiger partial charge in [-0.15, -0.1) is 0 Å². The molecular weight excluding hydrogens is 598 g/mol. The summed E-state index contributed by atoms with van der Waals surface area (Å²) in [5.74, 6) is -4.19. The Morgan fingerprint density at radius 2 is 2.00 bits per heavy atom. The molecule has 0 saturated heterocycles. The topological polar surface area (TPSA) is 135 Å². The molecule has 0 spiro atoms. The van der Waals surface area contributed by atoms with Gasteiger partial charge in [-0.25, -0.2) is 18.7 Å². The van der Waals surface area contributed by atoms with Gasteiger partial charge in [0, 0.05) is 19.0 Å². The number of aliphatic hydroxyl groups excluding tert-OH is 1. The molecule has 3 aromatic rings. The smallest absolute Gasteiger partial charge is 0.419 e.